The molecule has 1 aromatic heterocycles. The molecule has 0 bridgehead atoms. The average Bonchev–Trinajstić information content (AvgIpc) is 2.64. The molecule has 1 heterocycles. The van der Waals surface area contributed by atoms with Crippen LogP contribution in [0.2, 0.25) is 5.02 Å². The number of aryl methyl sites for hydroxylation is 1. The molecule has 78 valence electrons. The zero-order valence-corrected chi connectivity index (χ0v) is 9.02. The van der Waals surface area contributed by atoms with Crippen LogP contribution in [0.5, 0.6) is 0 Å². The Hall–Kier alpha value is -1.32. The maximum atomic E-state index is 10.00. The van der Waals surface area contributed by atoms with Gasteiger partial charge in [0.25, 0.3) is 0 Å². The summed E-state index contributed by atoms with van der Waals surface area (Å²) in [5.74, 6) is 0. The second-order valence-corrected chi connectivity index (χ2v) is 3.81. The SMILES string of the molecule is Cn1ccc(C(O)c2cccc(Cl)c2)n1. The average molecular weight is 223 g/mol. The Kier molecular flexibility index (Phi) is 2.75. The van der Waals surface area contributed by atoms with Crippen molar-refractivity contribution in [3.05, 3.63) is 52.8 Å². The fraction of sp³-hybridized carbons (Fsp3) is 0.182. The number of aromatic nitrogens is 2. The first-order valence-electron chi connectivity index (χ1n) is 4.60. The van der Waals surface area contributed by atoms with E-state index in [1.165, 1.54) is 0 Å². The van der Waals surface area contributed by atoms with E-state index in [2.05, 4.69) is 5.10 Å². The molecule has 1 aromatic carbocycles. The highest BCUT2D eigenvalue weighted by Gasteiger charge is 2.12. The van der Waals surface area contributed by atoms with Crippen LogP contribution in [-0.2, 0) is 7.05 Å². The van der Waals surface area contributed by atoms with E-state index in [-0.39, 0.29) is 0 Å². The minimum Gasteiger partial charge on any atom is -0.382 e. The summed E-state index contributed by atoms with van der Waals surface area (Å²) in [6.07, 6.45) is 1.08. The molecule has 0 amide bonds. The van der Waals surface area contributed by atoms with E-state index in [0.29, 0.717) is 10.7 Å². The fourth-order valence-corrected chi connectivity index (χ4v) is 1.63. The zero-order valence-electron chi connectivity index (χ0n) is 8.26. The van der Waals surface area contributed by atoms with Crippen molar-refractivity contribution in [1.29, 1.82) is 0 Å². The lowest BCUT2D eigenvalue weighted by molar-refractivity contribution is 0.214. The van der Waals surface area contributed by atoms with Gasteiger partial charge < -0.3 is 5.11 Å². The summed E-state index contributed by atoms with van der Waals surface area (Å²) in [6, 6.07) is 8.93. The smallest absolute Gasteiger partial charge is 0.123 e. The van der Waals surface area contributed by atoms with Gasteiger partial charge >= 0.3 is 0 Å². The number of aliphatic hydroxyl groups is 1. The first-order valence-corrected chi connectivity index (χ1v) is 4.97. The number of nitrogens with zero attached hydrogens (tertiary/aromatic N) is 2. The van der Waals surface area contributed by atoms with Crippen molar-refractivity contribution >= 4 is 11.6 Å². The van der Waals surface area contributed by atoms with Gasteiger partial charge in [-0.3, -0.25) is 4.68 Å². The van der Waals surface area contributed by atoms with Crippen molar-refractivity contribution in [3.8, 4) is 0 Å². The Bertz CT molecular complexity index is 467. The van der Waals surface area contributed by atoms with Gasteiger partial charge in [0.15, 0.2) is 0 Å². The second-order valence-electron chi connectivity index (χ2n) is 3.37. The molecule has 15 heavy (non-hydrogen) atoms. The van der Waals surface area contributed by atoms with Gasteiger partial charge in [0.2, 0.25) is 0 Å². The van der Waals surface area contributed by atoms with Crippen molar-refractivity contribution in [2.45, 2.75) is 6.10 Å². The highest BCUT2D eigenvalue weighted by atomic mass is 35.5. The standard InChI is InChI=1S/C11H11ClN2O/c1-14-6-5-10(13-14)11(15)8-3-2-4-9(12)7-8/h2-7,11,15H,1H3. The zero-order chi connectivity index (χ0) is 10.8. The summed E-state index contributed by atoms with van der Waals surface area (Å²) >= 11 is 5.84. The molecule has 0 radical (unpaired) electrons. The van der Waals surface area contributed by atoms with E-state index in [4.69, 9.17) is 11.6 Å². The van der Waals surface area contributed by atoms with E-state index in [1.807, 2.05) is 19.2 Å². The van der Waals surface area contributed by atoms with Crippen LogP contribution in [-0.4, -0.2) is 14.9 Å². The lowest BCUT2D eigenvalue weighted by Crippen LogP contribution is -2.01. The molecule has 2 aromatic rings. The van der Waals surface area contributed by atoms with Gasteiger partial charge in [-0.05, 0) is 23.8 Å². The van der Waals surface area contributed by atoms with Crippen molar-refractivity contribution in [3.63, 3.8) is 0 Å². The van der Waals surface area contributed by atoms with Gasteiger partial charge in [-0.2, -0.15) is 5.10 Å². The maximum absolute atomic E-state index is 10.00. The third kappa shape index (κ3) is 2.19. The Balaban J connectivity index is 2.32. The summed E-state index contributed by atoms with van der Waals surface area (Å²) in [6.45, 7) is 0. The third-order valence-electron chi connectivity index (χ3n) is 2.18. The highest BCUT2D eigenvalue weighted by Crippen LogP contribution is 2.22. The van der Waals surface area contributed by atoms with E-state index < -0.39 is 6.10 Å². The van der Waals surface area contributed by atoms with Crippen LogP contribution in [0.3, 0.4) is 0 Å². The number of hydrogen-bond acceptors (Lipinski definition) is 2. The van der Waals surface area contributed by atoms with E-state index in [0.717, 1.165) is 5.56 Å². The molecule has 1 unspecified atom stereocenters. The molecule has 0 fully saturated rings. The van der Waals surface area contributed by atoms with Crippen molar-refractivity contribution in [2.24, 2.45) is 7.05 Å². The van der Waals surface area contributed by atoms with E-state index >= 15 is 0 Å². The topological polar surface area (TPSA) is 38.0 Å². The molecule has 3 nitrogen and oxygen atoms in total. The van der Waals surface area contributed by atoms with Gasteiger partial charge in [0.1, 0.15) is 6.10 Å². The van der Waals surface area contributed by atoms with Gasteiger partial charge in [-0.1, -0.05) is 23.7 Å². The first-order chi connectivity index (χ1) is 7.16. The quantitative estimate of drug-likeness (QED) is 0.846. The Morgan fingerprint density at radius 2 is 2.20 bits per heavy atom. The van der Waals surface area contributed by atoms with Crippen molar-refractivity contribution in [2.75, 3.05) is 0 Å². The molecule has 4 heteroatoms. The maximum Gasteiger partial charge on any atom is 0.123 e. The number of benzene rings is 1. The molecule has 2 rings (SSSR count). The molecule has 1 N–H and O–H groups in total. The summed E-state index contributed by atoms with van der Waals surface area (Å²) in [5, 5.41) is 14.7. The third-order valence-corrected chi connectivity index (χ3v) is 2.41. The van der Waals surface area contributed by atoms with Crippen molar-refractivity contribution in [1.82, 2.24) is 9.78 Å². The molecule has 0 aliphatic rings. The van der Waals surface area contributed by atoms with Gasteiger partial charge in [-0.15, -0.1) is 0 Å². The lowest BCUT2D eigenvalue weighted by atomic mass is 10.1. The molecule has 0 aliphatic heterocycles. The summed E-state index contributed by atoms with van der Waals surface area (Å²) in [4.78, 5) is 0. The molecular formula is C11H11ClN2O. The summed E-state index contributed by atoms with van der Waals surface area (Å²) < 4.78 is 1.66. The first kappa shape index (κ1) is 10.2. The minimum atomic E-state index is -0.718. The lowest BCUT2D eigenvalue weighted by Gasteiger charge is -2.07. The fourth-order valence-electron chi connectivity index (χ4n) is 1.43. The van der Waals surface area contributed by atoms with Crippen LogP contribution in [0.4, 0.5) is 0 Å². The summed E-state index contributed by atoms with van der Waals surface area (Å²) in [7, 11) is 1.81. The predicted molar refractivity (Wildman–Crippen MR) is 58.7 cm³/mol. The van der Waals surface area contributed by atoms with Gasteiger partial charge in [0.05, 0.1) is 5.69 Å². The second kappa shape index (κ2) is 4.04. The molecule has 0 aliphatic carbocycles. The van der Waals surface area contributed by atoms with Gasteiger partial charge in [0, 0.05) is 18.3 Å². The highest BCUT2D eigenvalue weighted by molar-refractivity contribution is 6.30. The number of halogens is 1. The van der Waals surface area contributed by atoms with E-state index in [1.54, 1.807) is 29.1 Å². The predicted octanol–water partition coefficient (Wildman–Crippen LogP) is 2.16. The Morgan fingerprint density at radius 3 is 2.80 bits per heavy atom. The van der Waals surface area contributed by atoms with Crippen LogP contribution >= 0.6 is 11.6 Å². The van der Waals surface area contributed by atoms with Gasteiger partial charge in [-0.25, -0.2) is 0 Å². The van der Waals surface area contributed by atoms with E-state index in [9.17, 15) is 5.11 Å². The normalized spacial score (nSPS) is 12.7. The van der Waals surface area contributed by atoms with Crippen LogP contribution in [0.1, 0.15) is 17.4 Å². The molecule has 0 spiro atoms. The van der Waals surface area contributed by atoms with Crippen LogP contribution in [0.25, 0.3) is 0 Å². The largest absolute Gasteiger partial charge is 0.382 e. The number of aliphatic hydroxyl groups excluding tert-OH is 1. The van der Waals surface area contributed by atoms with Crippen LogP contribution in [0.15, 0.2) is 36.5 Å². The number of hydrogen-bond donors (Lipinski definition) is 1. The van der Waals surface area contributed by atoms with Crippen LogP contribution in [0, 0.1) is 0 Å². The molecule has 0 saturated carbocycles. The molecule has 0 saturated heterocycles. The molecule has 1 atom stereocenters. The summed E-state index contributed by atoms with van der Waals surface area (Å²) in [5.41, 5.74) is 1.38. The monoisotopic (exact) mass is 222 g/mol. The van der Waals surface area contributed by atoms with Crippen molar-refractivity contribution < 1.29 is 5.11 Å². The minimum absolute atomic E-state index is 0.613. The Labute approximate surface area is 92.9 Å². The molecular weight excluding hydrogens is 212 g/mol. The Morgan fingerprint density at radius 1 is 1.40 bits per heavy atom. The number of rotatable bonds is 2. The van der Waals surface area contributed by atoms with Crippen LogP contribution < -0.4 is 0 Å².